The summed E-state index contributed by atoms with van der Waals surface area (Å²) < 4.78 is 4.55. The van der Waals surface area contributed by atoms with Crippen LogP contribution in [0.25, 0.3) is 11.3 Å². The average molecular weight is 353 g/mol. The molecule has 1 aliphatic heterocycles. The number of carbonyl (C=O) groups excluding carboxylic acids is 2. The molecule has 3 rings (SSSR count). The molecule has 0 radical (unpaired) electrons. The van der Waals surface area contributed by atoms with Crippen molar-refractivity contribution in [2.45, 2.75) is 45.6 Å². The smallest absolute Gasteiger partial charge is 0.293 e. The fourth-order valence-corrected chi connectivity index (χ4v) is 2.51. The Labute approximate surface area is 153 Å². The molecule has 26 heavy (non-hydrogen) atoms. The molecular formula is C20H23N3O3. The molecule has 1 aromatic carbocycles. The number of hydrogen-bond donors (Lipinski definition) is 2. The highest BCUT2D eigenvalue weighted by atomic mass is 16.5. The van der Waals surface area contributed by atoms with E-state index in [-0.39, 0.29) is 11.5 Å². The summed E-state index contributed by atoms with van der Waals surface area (Å²) in [6.07, 6.45) is 0. The molecular weight excluding hydrogens is 330 g/mol. The van der Waals surface area contributed by atoms with Crippen LogP contribution in [0.3, 0.4) is 0 Å². The minimum absolute atomic E-state index is 0.0175. The van der Waals surface area contributed by atoms with Crippen LogP contribution in [0.5, 0.6) is 0 Å². The summed E-state index contributed by atoms with van der Waals surface area (Å²) in [6, 6.07) is 11.5. The van der Waals surface area contributed by atoms with Gasteiger partial charge in [-0.15, -0.1) is 0 Å². The molecule has 2 aromatic rings. The SMILES string of the molecule is CC(C)(C)OC=O.CC1(C)C(=O)Nc2ccc(-c3ccc(C#N)[nH]3)cc21. The van der Waals surface area contributed by atoms with Gasteiger partial charge in [-0.05, 0) is 70.0 Å². The van der Waals surface area contributed by atoms with Crippen molar-refractivity contribution < 1.29 is 14.3 Å². The molecule has 0 spiro atoms. The van der Waals surface area contributed by atoms with E-state index in [1.54, 1.807) is 6.07 Å². The number of benzene rings is 1. The number of hydrogen-bond acceptors (Lipinski definition) is 4. The molecule has 2 N–H and O–H groups in total. The Balaban J connectivity index is 0.000000298. The number of anilines is 1. The van der Waals surface area contributed by atoms with Gasteiger partial charge < -0.3 is 15.0 Å². The Morgan fingerprint density at radius 2 is 1.88 bits per heavy atom. The Bertz CT molecular complexity index is 867. The van der Waals surface area contributed by atoms with Crippen LogP contribution >= 0.6 is 0 Å². The number of ether oxygens (including phenoxy) is 1. The van der Waals surface area contributed by atoms with Crippen molar-refractivity contribution in [1.29, 1.82) is 5.26 Å². The van der Waals surface area contributed by atoms with Gasteiger partial charge in [0.2, 0.25) is 5.91 Å². The van der Waals surface area contributed by atoms with Crippen molar-refractivity contribution in [1.82, 2.24) is 4.98 Å². The van der Waals surface area contributed by atoms with E-state index in [2.05, 4.69) is 21.1 Å². The van der Waals surface area contributed by atoms with Gasteiger partial charge >= 0.3 is 0 Å². The number of aromatic nitrogens is 1. The van der Waals surface area contributed by atoms with Crippen LogP contribution in [0, 0.1) is 11.3 Å². The number of nitriles is 1. The Morgan fingerprint density at radius 3 is 2.38 bits per heavy atom. The third-order valence-corrected chi connectivity index (χ3v) is 4.03. The predicted octanol–water partition coefficient (Wildman–Crippen LogP) is 3.74. The summed E-state index contributed by atoms with van der Waals surface area (Å²) in [7, 11) is 0. The number of nitrogens with one attached hydrogen (secondary N) is 2. The molecule has 6 nitrogen and oxygen atoms in total. The lowest BCUT2D eigenvalue weighted by atomic mass is 9.85. The van der Waals surface area contributed by atoms with Crippen LogP contribution in [0.4, 0.5) is 5.69 Å². The van der Waals surface area contributed by atoms with E-state index in [0.717, 1.165) is 22.5 Å². The topological polar surface area (TPSA) is 95.0 Å². The van der Waals surface area contributed by atoms with Gasteiger partial charge in [0.1, 0.15) is 17.4 Å². The maximum Gasteiger partial charge on any atom is 0.293 e. The first-order chi connectivity index (χ1) is 12.1. The third-order valence-electron chi connectivity index (χ3n) is 4.03. The number of carbonyl (C=O) groups is 2. The Kier molecular flexibility index (Phi) is 5.22. The van der Waals surface area contributed by atoms with Gasteiger partial charge in [0.15, 0.2) is 0 Å². The zero-order valence-corrected chi connectivity index (χ0v) is 15.6. The van der Waals surface area contributed by atoms with Crippen molar-refractivity contribution in [3.05, 3.63) is 41.6 Å². The number of nitrogens with zero attached hydrogens (tertiary/aromatic N) is 1. The summed E-state index contributed by atoms with van der Waals surface area (Å²) >= 11 is 0. The summed E-state index contributed by atoms with van der Waals surface area (Å²) in [5, 5.41) is 11.7. The van der Waals surface area contributed by atoms with Crippen LogP contribution in [0.1, 0.15) is 45.9 Å². The molecule has 6 heteroatoms. The molecule has 0 saturated carbocycles. The van der Waals surface area contributed by atoms with Gasteiger partial charge in [-0.2, -0.15) is 5.26 Å². The van der Waals surface area contributed by atoms with Gasteiger partial charge in [-0.25, -0.2) is 0 Å². The molecule has 0 bridgehead atoms. The minimum Gasteiger partial charge on any atom is -0.462 e. The normalized spacial score (nSPS) is 14.4. The molecule has 0 fully saturated rings. The molecule has 136 valence electrons. The number of rotatable bonds is 2. The Hall–Kier alpha value is -3.07. The molecule has 0 saturated heterocycles. The zero-order valence-electron chi connectivity index (χ0n) is 15.6. The fourth-order valence-electron chi connectivity index (χ4n) is 2.51. The highest BCUT2D eigenvalue weighted by Crippen LogP contribution is 2.39. The summed E-state index contributed by atoms with van der Waals surface area (Å²) in [5.74, 6) is 0.0175. The van der Waals surface area contributed by atoms with Gasteiger partial charge in [-0.1, -0.05) is 6.07 Å². The predicted molar refractivity (Wildman–Crippen MR) is 99.5 cm³/mol. The second-order valence-electron chi connectivity index (χ2n) is 7.56. The lowest BCUT2D eigenvalue weighted by Crippen LogP contribution is -2.26. The van der Waals surface area contributed by atoms with Crippen molar-refractivity contribution >= 4 is 18.1 Å². The largest absolute Gasteiger partial charge is 0.462 e. The maximum atomic E-state index is 11.9. The van der Waals surface area contributed by atoms with Crippen molar-refractivity contribution in [3.63, 3.8) is 0 Å². The van der Waals surface area contributed by atoms with E-state index < -0.39 is 5.41 Å². The van der Waals surface area contributed by atoms with Gasteiger partial charge in [-0.3, -0.25) is 9.59 Å². The minimum atomic E-state index is -0.518. The molecule has 1 aromatic heterocycles. The van der Waals surface area contributed by atoms with Crippen LogP contribution in [-0.2, 0) is 19.7 Å². The quantitative estimate of drug-likeness (QED) is 0.804. The highest BCUT2D eigenvalue weighted by Gasteiger charge is 2.38. The number of H-pyrrole nitrogens is 1. The summed E-state index contributed by atoms with van der Waals surface area (Å²) in [6.45, 7) is 9.74. The summed E-state index contributed by atoms with van der Waals surface area (Å²) in [4.78, 5) is 24.5. The van der Waals surface area contributed by atoms with Crippen molar-refractivity contribution in [2.75, 3.05) is 5.32 Å². The number of amides is 1. The highest BCUT2D eigenvalue weighted by molar-refractivity contribution is 6.06. The third kappa shape index (κ3) is 4.12. The molecule has 0 unspecified atom stereocenters. The van der Waals surface area contributed by atoms with E-state index in [0.29, 0.717) is 12.2 Å². The lowest BCUT2D eigenvalue weighted by molar-refractivity contribution is -0.138. The molecule has 1 aliphatic rings. The molecule has 1 amide bonds. The maximum absolute atomic E-state index is 11.9. The van der Waals surface area contributed by atoms with E-state index in [9.17, 15) is 9.59 Å². The van der Waals surface area contributed by atoms with E-state index in [4.69, 9.17) is 5.26 Å². The van der Waals surface area contributed by atoms with Crippen LogP contribution in [-0.4, -0.2) is 23.0 Å². The van der Waals surface area contributed by atoms with E-state index in [1.165, 1.54) is 0 Å². The first kappa shape index (κ1) is 19.3. The fraction of sp³-hybridized carbons (Fsp3) is 0.350. The van der Waals surface area contributed by atoms with E-state index in [1.807, 2.05) is 58.9 Å². The number of aromatic amines is 1. The second kappa shape index (κ2) is 7.04. The first-order valence-corrected chi connectivity index (χ1v) is 8.25. The molecule has 2 heterocycles. The van der Waals surface area contributed by atoms with Crippen LogP contribution in [0.15, 0.2) is 30.3 Å². The number of fused-ring (bicyclic) bond motifs is 1. The van der Waals surface area contributed by atoms with Gasteiger partial charge in [0.05, 0.1) is 5.41 Å². The first-order valence-electron chi connectivity index (χ1n) is 8.25. The van der Waals surface area contributed by atoms with Gasteiger partial charge in [0, 0.05) is 11.4 Å². The van der Waals surface area contributed by atoms with Crippen molar-refractivity contribution in [3.8, 4) is 17.3 Å². The average Bonchev–Trinajstić information content (AvgIpc) is 3.11. The molecule has 0 aliphatic carbocycles. The van der Waals surface area contributed by atoms with Gasteiger partial charge in [0.25, 0.3) is 6.47 Å². The van der Waals surface area contributed by atoms with Crippen LogP contribution in [0.2, 0.25) is 0 Å². The zero-order chi connectivity index (χ0) is 19.5. The lowest BCUT2D eigenvalue weighted by Gasteiger charge is -2.15. The van der Waals surface area contributed by atoms with E-state index >= 15 is 0 Å². The van der Waals surface area contributed by atoms with Crippen LogP contribution < -0.4 is 5.32 Å². The standard InChI is InChI=1S/C15H13N3O.C5H10O2/c1-15(2)11-7-9(3-5-13(11)18-14(15)19)12-6-4-10(8-16)17-12;1-5(2,3)7-4-6/h3-7,17H,1-2H3,(H,18,19);4H,1-3H3. The monoisotopic (exact) mass is 353 g/mol. The van der Waals surface area contributed by atoms with Crippen molar-refractivity contribution in [2.24, 2.45) is 0 Å². The molecule has 0 atom stereocenters. The Morgan fingerprint density at radius 1 is 1.19 bits per heavy atom. The summed E-state index contributed by atoms with van der Waals surface area (Å²) in [5.41, 5.74) is 3.41. The second-order valence-corrected chi connectivity index (χ2v) is 7.56.